The molecule has 6 heteroatoms. The third-order valence-corrected chi connectivity index (χ3v) is 13.1. The summed E-state index contributed by atoms with van der Waals surface area (Å²) >= 11 is 3.57. The summed E-state index contributed by atoms with van der Waals surface area (Å²) in [7, 11) is 0. The Morgan fingerprint density at radius 1 is 0.304 bits per heavy atom. The summed E-state index contributed by atoms with van der Waals surface area (Å²) in [5.41, 5.74) is 12.2. The van der Waals surface area contributed by atoms with E-state index >= 15 is 0 Å². The molecule has 8 aromatic rings. The Balaban J connectivity index is 0.879. The summed E-state index contributed by atoms with van der Waals surface area (Å²) in [4.78, 5) is 37.5. The Morgan fingerprint density at radius 3 is 0.946 bits per heavy atom. The first kappa shape index (κ1) is 32.8. The lowest BCUT2D eigenvalue weighted by atomic mass is 9.81. The van der Waals surface area contributed by atoms with E-state index in [-0.39, 0.29) is 11.6 Å². The van der Waals surface area contributed by atoms with Crippen molar-refractivity contribution < 1.29 is 9.59 Å². The van der Waals surface area contributed by atoms with Gasteiger partial charge in [-0.1, -0.05) is 108 Å². The zero-order valence-corrected chi connectivity index (χ0v) is 31.5. The molecular weight excluding hydrogens is 725 g/mol. The third kappa shape index (κ3) is 5.25. The van der Waals surface area contributed by atoms with Crippen molar-refractivity contribution in [2.45, 2.75) is 19.6 Å². The summed E-state index contributed by atoms with van der Waals surface area (Å²) in [6, 6.07) is 62.0. The predicted molar refractivity (Wildman–Crippen MR) is 228 cm³/mol. The summed E-state index contributed by atoms with van der Waals surface area (Å²) < 4.78 is 0. The van der Waals surface area contributed by atoms with Gasteiger partial charge in [-0.25, -0.2) is 0 Å². The van der Waals surface area contributed by atoms with Crippen LogP contribution in [0.3, 0.4) is 0 Å². The predicted octanol–water partition coefficient (Wildman–Crippen LogP) is 13.7. The molecule has 0 unspecified atom stereocenters. The number of rotatable bonds is 4. The number of anilines is 6. The number of carbonyl (C=O) groups excluding carboxylic acids is 2. The van der Waals surface area contributed by atoms with Gasteiger partial charge < -0.3 is 9.80 Å². The normalized spacial score (nSPS) is 13.6. The van der Waals surface area contributed by atoms with Gasteiger partial charge in [-0.15, -0.1) is 0 Å². The topological polar surface area (TPSA) is 40.6 Å². The Bertz CT molecular complexity index is 2630. The molecule has 0 fully saturated rings. The van der Waals surface area contributed by atoms with Crippen molar-refractivity contribution in [2.24, 2.45) is 0 Å². The monoisotopic (exact) mass is 754 g/mol. The molecule has 4 nitrogen and oxygen atoms in total. The Labute approximate surface area is 333 Å². The van der Waals surface area contributed by atoms with Gasteiger partial charge in [0.25, 0.3) is 0 Å². The van der Waals surface area contributed by atoms with Crippen LogP contribution in [0.15, 0.2) is 202 Å². The maximum atomic E-state index is 14.0. The number of para-hydroxylation sites is 4. The van der Waals surface area contributed by atoms with E-state index < -0.39 is 0 Å². The number of fused-ring (bicyclic) bond motifs is 6. The van der Waals surface area contributed by atoms with Gasteiger partial charge >= 0.3 is 0 Å². The first-order valence-corrected chi connectivity index (χ1v) is 20.1. The van der Waals surface area contributed by atoms with Gasteiger partial charge in [-0.05, 0) is 119 Å². The molecule has 3 aliphatic rings. The number of carbonyl (C=O) groups is 2. The standard InChI is InChI=1S/C50H30N2O2S2/c53-49-38-28-22-34(32-19-25-36(26-20-32)52-43-11-3-7-15-47(43)56-48-16-8-4-12-44(48)52)30-40(38)50(54)37-27-21-33(29-39(37)49)31-17-23-35(24-18-31)51-41-9-1-5-13-45(41)55-46-14-6-2-10-42(46)51/h1-30H. The van der Waals surface area contributed by atoms with E-state index in [1.807, 2.05) is 36.4 Å². The zero-order chi connectivity index (χ0) is 37.3. The van der Waals surface area contributed by atoms with Gasteiger partial charge in [-0.3, -0.25) is 9.59 Å². The zero-order valence-electron chi connectivity index (χ0n) is 29.8. The molecule has 8 aromatic carbocycles. The average Bonchev–Trinajstić information content (AvgIpc) is 3.26. The van der Waals surface area contributed by atoms with Crippen LogP contribution in [0.25, 0.3) is 22.3 Å². The van der Waals surface area contributed by atoms with E-state index in [1.54, 1.807) is 23.5 Å². The Hall–Kier alpha value is -6.60. The van der Waals surface area contributed by atoms with E-state index in [0.29, 0.717) is 22.3 Å². The molecule has 56 heavy (non-hydrogen) atoms. The summed E-state index contributed by atoms with van der Waals surface area (Å²) in [6.07, 6.45) is 0. The van der Waals surface area contributed by atoms with Crippen LogP contribution in [0.1, 0.15) is 31.8 Å². The summed E-state index contributed by atoms with van der Waals surface area (Å²) in [5.74, 6) is -0.261. The second kappa shape index (κ2) is 13.0. The highest BCUT2D eigenvalue weighted by Crippen LogP contribution is 2.52. The Morgan fingerprint density at radius 2 is 0.607 bits per heavy atom. The summed E-state index contributed by atoms with van der Waals surface area (Å²) in [5, 5.41) is 0. The molecule has 2 aliphatic heterocycles. The van der Waals surface area contributed by atoms with Gasteiger partial charge in [0.05, 0.1) is 22.7 Å². The van der Waals surface area contributed by atoms with Crippen LogP contribution in [0, 0.1) is 0 Å². The molecule has 0 N–H and O–H groups in total. The molecule has 0 aromatic heterocycles. The second-order valence-electron chi connectivity index (χ2n) is 14.0. The number of benzene rings is 8. The molecule has 0 spiro atoms. The highest BCUT2D eigenvalue weighted by atomic mass is 32.2. The molecule has 2 heterocycles. The molecule has 0 radical (unpaired) electrons. The van der Waals surface area contributed by atoms with Crippen LogP contribution in [-0.4, -0.2) is 11.6 Å². The fourth-order valence-corrected chi connectivity index (χ4v) is 10.2. The van der Waals surface area contributed by atoms with E-state index in [1.165, 1.54) is 19.6 Å². The van der Waals surface area contributed by atoms with E-state index in [2.05, 4.69) is 155 Å². The highest BCUT2D eigenvalue weighted by Gasteiger charge is 2.31. The van der Waals surface area contributed by atoms with Crippen molar-refractivity contribution in [3.63, 3.8) is 0 Å². The van der Waals surface area contributed by atoms with E-state index in [0.717, 1.165) is 56.4 Å². The quantitative estimate of drug-likeness (QED) is 0.178. The summed E-state index contributed by atoms with van der Waals surface area (Å²) in [6.45, 7) is 0. The lowest BCUT2D eigenvalue weighted by Gasteiger charge is -2.32. The van der Waals surface area contributed by atoms with Gasteiger partial charge in [0.2, 0.25) is 0 Å². The van der Waals surface area contributed by atoms with Crippen LogP contribution in [0.2, 0.25) is 0 Å². The second-order valence-corrected chi connectivity index (χ2v) is 16.2. The van der Waals surface area contributed by atoms with Gasteiger partial charge in [0.1, 0.15) is 0 Å². The van der Waals surface area contributed by atoms with Crippen molar-refractivity contribution in [1.82, 2.24) is 0 Å². The minimum absolute atomic E-state index is 0.130. The van der Waals surface area contributed by atoms with Gasteiger partial charge in [0.15, 0.2) is 11.6 Å². The number of hydrogen-bond acceptors (Lipinski definition) is 6. The molecule has 1 aliphatic carbocycles. The van der Waals surface area contributed by atoms with E-state index in [4.69, 9.17) is 0 Å². The lowest BCUT2D eigenvalue weighted by molar-refractivity contribution is 0.0979. The molecule has 0 amide bonds. The van der Waals surface area contributed by atoms with Crippen LogP contribution >= 0.6 is 23.5 Å². The minimum Gasteiger partial charge on any atom is -0.308 e. The highest BCUT2D eigenvalue weighted by molar-refractivity contribution is 8.00. The van der Waals surface area contributed by atoms with Crippen molar-refractivity contribution in [3.05, 3.63) is 204 Å². The fourth-order valence-electron chi connectivity index (χ4n) is 8.08. The number of nitrogens with zero attached hydrogens (tertiary/aromatic N) is 2. The largest absolute Gasteiger partial charge is 0.308 e. The van der Waals surface area contributed by atoms with Gasteiger partial charge in [-0.2, -0.15) is 0 Å². The van der Waals surface area contributed by atoms with Crippen molar-refractivity contribution >= 4 is 69.2 Å². The molecular formula is C50H30N2O2S2. The first-order valence-electron chi connectivity index (χ1n) is 18.5. The van der Waals surface area contributed by atoms with Crippen LogP contribution in [0.4, 0.5) is 34.1 Å². The number of ketones is 2. The number of hydrogen-bond donors (Lipinski definition) is 0. The van der Waals surface area contributed by atoms with Gasteiger partial charge in [0, 0.05) is 53.2 Å². The third-order valence-electron chi connectivity index (χ3n) is 10.8. The SMILES string of the molecule is O=C1c2ccc(-c3ccc(N4c5ccccc5Sc5ccccc54)cc3)cc2C(=O)c2ccc(-c3ccc(N4c5ccccc5Sc5ccccc54)cc3)cc21. The van der Waals surface area contributed by atoms with Crippen molar-refractivity contribution in [1.29, 1.82) is 0 Å². The molecule has 0 bridgehead atoms. The van der Waals surface area contributed by atoms with Crippen LogP contribution in [-0.2, 0) is 0 Å². The first-order chi connectivity index (χ1) is 27.6. The maximum absolute atomic E-state index is 14.0. The lowest BCUT2D eigenvalue weighted by Crippen LogP contribution is -2.21. The molecule has 0 atom stereocenters. The fraction of sp³-hybridized carbons (Fsp3) is 0. The minimum atomic E-state index is -0.130. The Kier molecular flexibility index (Phi) is 7.62. The van der Waals surface area contributed by atoms with E-state index in [9.17, 15) is 9.59 Å². The maximum Gasteiger partial charge on any atom is 0.194 e. The average molecular weight is 755 g/mol. The van der Waals surface area contributed by atoms with Crippen molar-refractivity contribution in [3.8, 4) is 22.3 Å². The molecule has 264 valence electrons. The van der Waals surface area contributed by atoms with Crippen LogP contribution < -0.4 is 9.80 Å². The molecule has 11 rings (SSSR count). The molecule has 0 saturated heterocycles. The van der Waals surface area contributed by atoms with Crippen molar-refractivity contribution in [2.75, 3.05) is 9.80 Å². The molecule has 0 saturated carbocycles. The van der Waals surface area contributed by atoms with Crippen LogP contribution in [0.5, 0.6) is 0 Å². The smallest absolute Gasteiger partial charge is 0.194 e.